The van der Waals surface area contributed by atoms with E-state index in [0.29, 0.717) is 0 Å². The van der Waals surface area contributed by atoms with Gasteiger partial charge in [0.1, 0.15) is 0 Å². The van der Waals surface area contributed by atoms with Gasteiger partial charge in [0.05, 0.1) is 12.7 Å². The second kappa shape index (κ2) is 6.60. The van der Waals surface area contributed by atoms with Gasteiger partial charge < -0.3 is 8.92 Å². The number of halogens is 3. The molecule has 0 fully saturated rings. The zero-order valence-corrected chi connectivity index (χ0v) is 11.8. The topological polar surface area (TPSA) is 86.7 Å². The third-order valence-electron chi connectivity index (χ3n) is 2.26. The van der Waals surface area contributed by atoms with Crippen molar-refractivity contribution >= 4 is 28.4 Å². The zero-order valence-electron chi connectivity index (χ0n) is 11.0. The molecule has 0 aliphatic heterocycles. The van der Waals surface area contributed by atoms with E-state index in [1.165, 1.54) is 6.08 Å². The number of rotatable bonds is 5. The lowest BCUT2D eigenvalue weighted by Crippen LogP contribution is -2.28. The smallest absolute Gasteiger partial charge is 0.466 e. The van der Waals surface area contributed by atoms with E-state index in [0.717, 1.165) is 31.4 Å². The highest BCUT2D eigenvalue weighted by atomic mass is 32.2. The molecule has 1 rings (SSSR count). The van der Waals surface area contributed by atoms with Gasteiger partial charge in [-0.3, -0.25) is 4.79 Å². The van der Waals surface area contributed by atoms with Crippen molar-refractivity contribution in [3.63, 3.8) is 0 Å². The van der Waals surface area contributed by atoms with E-state index in [2.05, 4.69) is 8.92 Å². The van der Waals surface area contributed by atoms with Crippen LogP contribution in [0.25, 0.3) is 6.08 Å². The fourth-order valence-electron chi connectivity index (χ4n) is 1.24. The summed E-state index contributed by atoms with van der Waals surface area (Å²) in [5.74, 6) is -1.46. The first-order valence-electron chi connectivity index (χ1n) is 5.46. The van der Waals surface area contributed by atoms with E-state index in [1.807, 2.05) is 0 Å². The molecule has 120 valence electrons. The molecule has 0 atom stereocenters. The number of methoxy groups -OCH3 is 1. The van der Waals surface area contributed by atoms with Gasteiger partial charge in [0.25, 0.3) is 0 Å². The Morgan fingerprint density at radius 3 is 2.41 bits per heavy atom. The van der Waals surface area contributed by atoms with Crippen molar-refractivity contribution in [2.75, 3.05) is 7.11 Å². The normalized spacial score (nSPS) is 12.2. The number of carbonyl (C=O) groups is 2. The van der Waals surface area contributed by atoms with Crippen LogP contribution in [-0.2, 0) is 19.6 Å². The number of aldehydes is 1. The summed E-state index contributed by atoms with van der Waals surface area (Å²) in [6.07, 6.45) is 2.36. The van der Waals surface area contributed by atoms with Crippen LogP contribution in [0.5, 0.6) is 5.75 Å². The van der Waals surface area contributed by atoms with E-state index in [4.69, 9.17) is 0 Å². The van der Waals surface area contributed by atoms with Crippen LogP contribution < -0.4 is 4.18 Å². The predicted octanol–water partition coefficient (Wildman–Crippen LogP) is 1.91. The van der Waals surface area contributed by atoms with Crippen LogP contribution in [0, 0.1) is 0 Å². The summed E-state index contributed by atoms with van der Waals surface area (Å²) >= 11 is 0. The van der Waals surface area contributed by atoms with Gasteiger partial charge in [-0.15, -0.1) is 0 Å². The maximum Gasteiger partial charge on any atom is 0.534 e. The number of hydrogen-bond acceptors (Lipinski definition) is 6. The minimum absolute atomic E-state index is 0.122. The Labute approximate surface area is 123 Å². The molecule has 0 aliphatic carbocycles. The monoisotopic (exact) mass is 338 g/mol. The van der Waals surface area contributed by atoms with Crippen molar-refractivity contribution in [3.8, 4) is 5.75 Å². The fraction of sp³-hybridized carbons (Fsp3) is 0.167. The van der Waals surface area contributed by atoms with Crippen LogP contribution in [0.4, 0.5) is 13.2 Å². The van der Waals surface area contributed by atoms with E-state index < -0.39 is 32.9 Å². The number of hydrogen-bond donors (Lipinski definition) is 0. The molecule has 22 heavy (non-hydrogen) atoms. The Morgan fingerprint density at radius 1 is 1.27 bits per heavy atom. The van der Waals surface area contributed by atoms with Gasteiger partial charge in [0.2, 0.25) is 0 Å². The first-order valence-corrected chi connectivity index (χ1v) is 6.87. The number of carbonyl (C=O) groups excluding carboxylic acids is 2. The highest BCUT2D eigenvalue weighted by Crippen LogP contribution is 2.29. The molecule has 0 radical (unpaired) electrons. The van der Waals surface area contributed by atoms with Gasteiger partial charge in [-0.1, -0.05) is 6.07 Å². The average molecular weight is 338 g/mol. The highest BCUT2D eigenvalue weighted by molar-refractivity contribution is 7.88. The Hall–Kier alpha value is -2.36. The summed E-state index contributed by atoms with van der Waals surface area (Å²) in [4.78, 5) is 21.7. The maximum absolute atomic E-state index is 12.2. The molecule has 6 nitrogen and oxygen atoms in total. The van der Waals surface area contributed by atoms with Gasteiger partial charge in [0.15, 0.2) is 12.0 Å². The SMILES string of the molecule is COC(=O)/C=C/c1ccc(OS(=O)(=O)C(F)(F)F)c(C=O)c1. The van der Waals surface area contributed by atoms with E-state index in [1.54, 1.807) is 0 Å². The largest absolute Gasteiger partial charge is 0.534 e. The molecular weight excluding hydrogens is 329 g/mol. The third kappa shape index (κ3) is 4.32. The minimum Gasteiger partial charge on any atom is -0.466 e. The van der Waals surface area contributed by atoms with Crippen molar-refractivity contribution in [2.24, 2.45) is 0 Å². The Morgan fingerprint density at radius 2 is 1.91 bits per heavy atom. The second-order valence-electron chi connectivity index (χ2n) is 3.75. The molecule has 0 saturated carbocycles. The summed E-state index contributed by atoms with van der Waals surface area (Å²) in [5, 5.41) is 0. The molecule has 0 spiro atoms. The number of benzene rings is 1. The molecular formula is C12H9F3O6S. The maximum atomic E-state index is 12.2. The van der Waals surface area contributed by atoms with Gasteiger partial charge >= 0.3 is 21.6 Å². The van der Waals surface area contributed by atoms with Gasteiger partial charge in [-0.05, 0) is 23.8 Å². The fourth-order valence-corrected chi connectivity index (χ4v) is 1.72. The van der Waals surface area contributed by atoms with E-state index in [-0.39, 0.29) is 11.8 Å². The minimum atomic E-state index is -5.88. The van der Waals surface area contributed by atoms with Crippen LogP contribution in [-0.4, -0.2) is 33.3 Å². The molecule has 0 aromatic heterocycles. The number of ether oxygens (including phenoxy) is 1. The molecule has 10 heteroatoms. The molecule has 0 heterocycles. The van der Waals surface area contributed by atoms with Crippen molar-refractivity contribution in [1.82, 2.24) is 0 Å². The summed E-state index contributed by atoms with van der Waals surface area (Å²) < 4.78 is 66.7. The number of alkyl halides is 3. The van der Waals surface area contributed by atoms with E-state index >= 15 is 0 Å². The Kier molecular flexibility index (Phi) is 5.31. The van der Waals surface area contributed by atoms with Crippen molar-refractivity contribution in [2.45, 2.75) is 5.51 Å². The Bertz CT molecular complexity index is 706. The van der Waals surface area contributed by atoms with Crippen molar-refractivity contribution < 1.29 is 40.1 Å². The molecule has 0 amide bonds. The second-order valence-corrected chi connectivity index (χ2v) is 5.29. The molecule has 0 aliphatic rings. The average Bonchev–Trinajstić information content (AvgIpc) is 2.44. The van der Waals surface area contributed by atoms with Crippen LogP contribution in [0.2, 0.25) is 0 Å². The molecule has 1 aromatic carbocycles. The molecule has 0 unspecified atom stereocenters. The highest BCUT2D eigenvalue weighted by Gasteiger charge is 2.48. The van der Waals surface area contributed by atoms with Crippen LogP contribution in [0.1, 0.15) is 15.9 Å². The Balaban J connectivity index is 3.13. The van der Waals surface area contributed by atoms with Gasteiger partial charge in [-0.25, -0.2) is 4.79 Å². The predicted molar refractivity (Wildman–Crippen MR) is 68.5 cm³/mol. The standard InChI is InChI=1S/C12H9F3O6S/c1-20-11(17)5-3-8-2-4-10(9(6-8)7-16)21-22(18,19)12(13,14)15/h2-7H,1H3/b5-3+. The first kappa shape index (κ1) is 17.7. The zero-order chi connectivity index (χ0) is 17.0. The van der Waals surface area contributed by atoms with Crippen LogP contribution in [0.15, 0.2) is 24.3 Å². The van der Waals surface area contributed by atoms with E-state index in [9.17, 15) is 31.2 Å². The molecule has 1 aromatic rings. The first-order chi connectivity index (χ1) is 10.1. The van der Waals surface area contributed by atoms with Crippen LogP contribution in [0.3, 0.4) is 0 Å². The lowest BCUT2D eigenvalue weighted by molar-refractivity contribution is -0.134. The summed E-state index contributed by atoms with van der Waals surface area (Å²) in [6.45, 7) is 0. The number of esters is 1. The van der Waals surface area contributed by atoms with Gasteiger partial charge in [-0.2, -0.15) is 21.6 Å². The van der Waals surface area contributed by atoms with Crippen molar-refractivity contribution in [3.05, 3.63) is 35.4 Å². The molecule has 0 N–H and O–H groups in total. The summed E-state index contributed by atoms with van der Waals surface area (Å²) in [7, 11) is -4.74. The summed E-state index contributed by atoms with van der Waals surface area (Å²) in [6, 6.07) is 3.07. The summed E-state index contributed by atoms with van der Waals surface area (Å²) in [5.41, 5.74) is -5.79. The van der Waals surface area contributed by atoms with Crippen LogP contribution >= 0.6 is 0 Å². The third-order valence-corrected chi connectivity index (χ3v) is 3.22. The lowest BCUT2D eigenvalue weighted by atomic mass is 10.1. The quantitative estimate of drug-likeness (QED) is 0.268. The van der Waals surface area contributed by atoms with Crippen molar-refractivity contribution in [1.29, 1.82) is 0 Å². The molecule has 0 bridgehead atoms. The lowest BCUT2D eigenvalue weighted by Gasteiger charge is -2.11. The molecule has 0 saturated heterocycles. The van der Waals surface area contributed by atoms with Gasteiger partial charge in [0, 0.05) is 6.08 Å².